The van der Waals surface area contributed by atoms with E-state index in [4.69, 9.17) is 11.6 Å². The summed E-state index contributed by atoms with van der Waals surface area (Å²) in [5, 5.41) is 0.458. The first kappa shape index (κ1) is 24.1. The van der Waals surface area contributed by atoms with Crippen molar-refractivity contribution in [2.75, 3.05) is 11.0 Å². The Morgan fingerprint density at radius 1 is 0.778 bits per heavy atom. The topological polar surface area (TPSA) is 97.6 Å². The molecule has 0 saturated heterocycles. The molecule has 0 spiro atoms. The third kappa shape index (κ3) is 4.86. The molecule has 0 radical (unpaired) electrons. The molecule has 2 heterocycles. The average molecular weight is 538 g/mol. The molecule has 0 unspecified atom stereocenters. The van der Waals surface area contributed by atoms with Gasteiger partial charge in [0.1, 0.15) is 0 Å². The second-order valence-electron chi connectivity index (χ2n) is 8.23. The number of aromatic nitrogens is 2. The van der Waals surface area contributed by atoms with Gasteiger partial charge in [-0.2, -0.15) is 0 Å². The van der Waals surface area contributed by atoms with E-state index in [1.807, 2.05) is 22.9 Å². The lowest BCUT2D eigenvalue weighted by Gasteiger charge is -2.09. The number of fused-ring (bicyclic) bond motifs is 1. The maximum atomic E-state index is 12.7. The normalized spacial score (nSPS) is 12.1. The van der Waals surface area contributed by atoms with Gasteiger partial charge in [-0.25, -0.2) is 16.8 Å². The Balaban J connectivity index is 1.44. The molecule has 1 N–H and O–H groups in total. The first-order valence-electron chi connectivity index (χ1n) is 10.8. The van der Waals surface area contributed by atoms with Gasteiger partial charge in [-0.15, -0.1) is 0 Å². The zero-order chi connectivity index (χ0) is 25.5. The van der Waals surface area contributed by atoms with Crippen molar-refractivity contribution in [3.05, 3.63) is 102 Å². The van der Waals surface area contributed by atoms with Crippen molar-refractivity contribution >= 4 is 42.7 Å². The number of sulfone groups is 1. The van der Waals surface area contributed by atoms with Crippen LogP contribution >= 0.6 is 11.6 Å². The fourth-order valence-corrected chi connectivity index (χ4v) is 5.65. The van der Waals surface area contributed by atoms with Crippen LogP contribution in [0.25, 0.3) is 27.9 Å². The summed E-state index contributed by atoms with van der Waals surface area (Å²) in [7, 11) is -7.01. The molecule has 0 atom stereocenters. The number of nitrogens with one attached hydrogen (secondary N) is 1. The van der Waals surface area contributed by atoms with Gasteiger partial charge >= 0.3 is 0 Å². The Hall–Kier alpha value is -3.66. The third-order valence-corrected chi connectivity index (χ3v) is 8.45. The summed E-state index contributed by atoms with van der Waals surface area (Å²) < 4.78 is 53.3. The smallest absolute Gasteiger partial charge is 0.261 e. The molecule has 36 heavy (non-hydrogen) atoms. The van der Waals surface area contributed by atoms with E-state index in [1.165, 1.54) is 30.5 Å². The fraction of sp³-hybridized carbons (Fsp3) is 0.0385. The lowest BCUT2D eigenvalue weighted by atomic mass is 10.1. The number of benzene rings is 3. The summed E-state index contributed by atoms with van der Waals surface area (Å²) >= 11 is 5.85. The summed E-state index contributed by atoms with van der Waals surface area (Å²) in [6.07, 6.45) is 6.66. The van der Waals surface area contributed by atoms with Crippen molar-refractivity contribution in [1.29, 1.82) is 0 Å². The van der Waals surface area contributed by atoms with E-state index in [9.17, 15) is 16.8 Å². The lowest BCUT2D eigenvalue weighted by molar-refractivity contribution is 0.600. The van der Waals surface area contributed by atoms with E-state index >= 15 is 0 Å². The van der Waals surface area contributed by atoms with Crippen LogP contribution in [-0.4, -0.2) is 32.5 Å². The van der Waals surface area contributed by atoms with E-state index < -0.39 is 19.9 Å². The number of nitrogens with zero attached hydrogens (tertiary/aromatic N) is 2. The summed E-state index contributed by atoms with van der Waals surface area (Å²) in [5.41, 5.74) is 4.60. The Labute approximate surface area is 214 Å². The number of halogens is 1. The number of anilines is 1. The maximum absolute atomic E-state index is 12.7. The largest absolute Gasteiger partial charge is 0.320 e. The molecule has 182 valence electrons. The van der Waals surface area contributed by atoms with Gasteiger partial charge in [-0.1, -0.05) is 35.9 Å². The Morgan fingerprint density at radius 2 is 1.39 bits per heavy atom. The number of hydrogen-bond donors (Lipinski definition) is 1. The highest BCUT2D eigenvalue weighted by molar-refractivity contribution is 7.92. The fourth-order valence-electron chi connectivity index (χ4n) is 3.84. The van der Waals surface area contributed by atoms with Crippen LogP contribution in [0.4, 0.5) is 5.69 Å². The molecule has 0 aliphatic carbocycles. The van der Waals surface area contributed by atoms with Crippen LogP contribution in [0.5, 0.6) is 0 Å². The second-order valence-corrected chi connectivity index (χ2v) is 12.4. The molecule has 7 nitrogen and oxygen atoms in total. The summed E-state index contributed by atoms with van der Waals surface area (Å²) in [4.78, 5) is 4.93. The first-order chi connectivity index (χ1) is 17.1. The Kier molecular flexibility index (Phi) is 6.07. The van der Waals surface area contributed by atoms with Crippen molar-refractivity contribution in [3.8, 4) is 22.4 Å². The number of rotatable bonds is 6. The van der Waals surface area contributed by atoms with E-state index in [2.05, 4.69) is 9.71 Å². The van der Waals surface area contributed by atoms with Crippen LogP contribution < -0.4 is 4.72 Å². The molecule has 3 aromatic carbocycles. The van der Waals surface area contributed by atoms with Gasteiger partial charge in [0.25, 0.3) is 10.0 Å². The monoisotopic (exact) mass is 537 g/mol. The maximum Gasteiger partial charge on any atom is 0.261 e. The zero-order valence-electron chi connectivity index (χ0n) is 19.0. The minimum Gasteiger partial charge on any atom is -0.320 e. The van der Waals surface area contributed by atoms with Crippen LogP contribution in [0.2, 0.25) is 5.02 Å². The van der Waals surface area contributed by atoms with Crippen LogP contribution in [0.3, 0.4) is 0 Å². The molecular weight excluding hydrogens is 518 g/mol. The number of sulfonamides is 1. The van der Waals surface area contributed by atoms with Gasteiger partial charge in [-0.3, -0.25) is 9.71 Å². The lowest BCUT2D eigenvalue weighted by Crippen LogP contribution is -2.12. The molecule has 0 fully saturated rings. The third-order valence-electron chi connectivity index (χ3n) is 5.67. The molecule has 5 rings (SSSR count). The molecule has 2 aromatic heterocycles. The van der Waals surface area contributed by atoms with Crippen molar-refractivity contribution in [2.24, 2.45) is 0 Å². The van der Waals surface area contributed by atoms with Crippen LogP contribution in [-0.2, 0) is 19.9 Å². The van der Waals surface area contributed by atoms with Gasteiger partial charge in [0.15, 0.2) is 9.84 Å². The summed E-state index contributed by atoms with van der Waals surface area (Å²) in [6, 6.07) is 21.6. The molecule has 0 bridgehead atoms. The predicted molar refractivity (Wildman–Crippen MR) is 141 cm³/mol. The van der Waals surface area contributed by atoms with E-state index in [-0.39, 0.29) is 9.79 Å². The molecule has 0 aliphatic heterocycles. The Morgan fingerprint density at radius 3 is 2.03 bits per heavy atom. The molecular formula is C26H20ClN3O4S2. The highest BCUT2D eigenvalue weighted by Crippen LogP contribution is 2.30. The molecule has 0 aliphatic rings. The summed E-state index contributed by atoms with van der Waals surface area (Å²) in [6.45, 7) is 0. The van der Waals surface area contributed by atoms with Gasteiger partial charge in [0.2, 0.25) is 0 Å². The SMILES string of the molecule is CS(=O)(=O)c1ccc(-c2cc3c(-c4ccc(NS(=O)(=O)c5ccc(Cl)cc5)cc4)nccn3c2)cc1. The first-order valence-corrected chi connectivity index (χ1v) is 14.5. The predicted octanol–water partition coefficient (Wildman–Crippen LogP) is 5.53. The van der Waals surface area contributed by atoms with Crippen molar-refractivity contribution < 1.29 is 16.8 Å². The van der Waals surface area contributed by atoms with Crippen LogP contribution in [0.1, 0.15) is 0 Å². The summed E-state index contributed by atoms with van der Waals surface area (Å²) in [5.74, 6) is 0. The molecule has 0 saturated carbocycles. The van der Waals surface area contributed by atoms with Gasteiger partial charge < -0.3 is 4.40 Å². The molecule has 0 amide bonds. The highest BCUT2D eigenvalue weighted by Gasteiger charge is 2.15. The van der Waals surface area contributed by atoms with Crippen molar-refractivity contribution in [2.45, 2.75) is 9.79 Å². The highest BCUT2D eigenvalue weighted by atomic mass is 35.5. The molecule has 10 heteroatoms. The molecule has 5 aromatic rings. The minimum atomic E-state index is -3.75. The van der Waals surface area contributed by atoms with Crippen LogP contribution in [0.15, 0.2) is 107 Å². The standard InChI is InChI=1S/C26H20ClN3O4S2/c1-35(31,32)23-10-4-18(5-11-23)20-16-25-26(28-14-15-30(25)17-20)19-2-8-22(9-3-19)29-36(33,34)24-12-6-21(27)7-13-24/h2-17,29H,1H3. The van der Waals surface area contributed by atoms with E-state index in [0.29, 0.717) is 10.7 Å². The Bertz CT molecular complexity index is 1780. The second kappa shape index (κ2) is 9.09. The van der Waals surface area contributed by atoms with Gasteiger partial charge in [-0.05, 0) is 60.2 Å². The van der Waals surface area contributed by atoms with E-state index in [0.717, 1.165) is 27.9 Å². The number of hydrogen-bond acceptors (Lipinski definition) is 5. The quantitative estimate of drug-likeness (QED) is 0.307. The average Bonchev–Trinajstić information content (AvgIpc) is 3.29. The van der Waals surface area contributed by atoms with Crippen LogP contribution in [0, 0.1) is 0 Å². The zero-order valence-corrected chi connectivity index (χ0v) is 21.3. The van der Waals surface area contributed by atoms with Crippen molar-refractivity contribution in [3.63, 3.8) is 0 Å². The van der Waals surface area contributed by atoms with Crippen molar-refractivity contribution in [1.82, 2.24) is 9.38 Å². The van der Waals surface area contributed by atoms with Gasteiger partial charge in [0, 0.05) is 46.7 Å². The minimum absolute atomic E-state index is 0.118. The van der Waals surface area contributed by atoms with E-state index in [1.54, 1.807) is 54.7 Å². The van der Waals surface area contributed by atoms with Gasteiger partial charge in [0.05, 0.1) is 21.0 Å².